The van der Waals surface area contributed by atoms with Gasteiger partial charge in [-0.15, -0.1) is 0 Å². The predicted octanol–water partition coefficient (Wildman–Crippen LogP) is 0.597. The number of hydrogen-bond donors (Lipinski definition) is 1. The minimum Gasteiger partial charge on any atom is -0.382 e. The molecule has 0 aromatic carbocycles. The lowest BCUT2D eigenvalue weighted by atomic mass is 10.2. The normalized spacial score (nSPS) is 20.2. The summed E-state index contributed by atoms with van der Waals surface area (Å²) in [6.45, 7) is 4.71. The van der Waals surface area contributed by atoms with Crippen LogP contribution in [0.1, 0.15) is 13.8 Å². The van der Waals surface area contributed by atoms with Crippen LogP contribution in [0.3, 0.4) is 0 Å². The van der Waals surface area contributed by atoms with Gasteiger partial charge in [-0.1, -0.05) is 0 Å². The third-order valence-electron chi connectivity index (χ3n) is 1.88. The van der Waals surface area contributed by atoms with E-state index < -0.39 is 0 Å². The molecule has 1 aliphatic rings. The molecule has 0 atom stereocenters. The van der Waals surface area contributed by atoms with E-state index in [1.807, 2.05) is 13.8 Å². The summed E-state index contributed by atoms with van der Waals surface area (Å²) in [5.41, 5.74) is 7.57. The fourth-order valence-electron chi connectivity index (χ4n) is 1.30. The molecule has 0 unspecified atom stereocenters. The Balaban J connectivity index is 3.10. The van der Waals surface area contributed by atoms with Crippen molar-refractivity contribution in [3.8, 4) is 0 Å². The number of likely N-dealkylation sites (N-methyl/N-ethyl adjacent to an activating group) is 1. The standard InChI is InChI=1S/C9H15N5/c1-4-14-8(7(2)5-11-3)9(10)12-6-13-14/h5-6H,4H2,1-3H3,(H2,10,12,13). The summed E-state index contributed by atoms with van der Waals surface area (Å²) >= 11 is 0. The molecule has 0 fully saturated rings. The third-order valence-corrected chi connectivity index (χ3v) is 1.88. The largest absolute Gasteiger partial charge is 0.382 e. The van der Waals surface area contributed by atoms with Crippen LogP contribution >= 0.6 is 0 Å². The molecule has 14 heavy (non-hydrogen) atoms. The molecule has 0 radical (unpaired) electrons. The van der Waals surface area contributed by atoms with E-state index in [-0.39, 0.29) is 0 Å². The maximum Gasteiger partial charge on any atom is 0.151 e. The van der Waals surface area contributed by atoms with Crippen molar-refractivity contribution in [3.63, 3.8) is 0 Å². The number of nitrogens with zero attached hydrogens (tertiary/aromatic N) is 4. The minimum atomic E-state index is 0.485. The molecule has 76 valence electrons. The van der Waals surface area contributed by atoms with E-state index in [2.05, 4.69) is 15.1 Å². The number of rotatable bonds is 2. The van der Waals surface area contributed by atoms with Gasteiger partial charge >= 0.3 is 0 Å². The zero-order chi connectivity index (χ0) is 10.6. The minimum absolute atomic E-state index is 0.485. The van der Waals surface area contributed by atoms with Gasteiger partial charge in [0.25, 0.3) is 0 Å². The van der Waals surface area contributed by atoms with Gasteiger partial charge in [0, 0.05) is 19.8 Å². The van der Waals surface area contributed by atoms with E-state index in [0.717, 1.165) is 17.8 Å². The summed E-state index contributed by atoms with van der Waals surface area (Å²) in [5.74, 6) is 0.485. The summed E-state index contributed by atoms with van der Waals surface area (Å²) in [6.07, 6.45) is 3.21. The molecule has 1 aliphatic heterocycles. The Morgan fingerprint density at radius 2 is 2.43 bits per heavy atom. The highest BCUT2D eigenvalue weighted by Gasteiger charge is 2.15. The lowest BCUT2D eigenvalue weighted by molar-refractivity contribution is 0.399. The first-order valence-electron chi connectivity index (χ1n) is 4.47. The first-order chi connectivity index (χ1) is 6.70. The van der Waals surface area contributed by atoms with Gasteiger partial charge in [-0.05, 0) is 19.4 Å². The summed E-state index contributed by atoms with van der Waals surface area (Å²) in [5, 5.41) is 5.91. The van der Waals surface area contributed by atoms with E-state index in [9.17, 15) is 0 Å². The molecular weight excluding hydrogens is 178 g/mol. The molecule has 0 amide bonds. The van der Waals surface area contributed by atoms with Crippen LogP contribution in [-0.4, -0.2) is 37.0 Å². The van der Waals surface area contributed by atoms with Gasteiger partial charge in [0.1, 0.15) is 12.0 Å². The lowest BCUT2D eigenvalue weighted by Gasteiger charge is -2.23. The summed E-state index contributed by atoms with van der Waals surface area (Å²) in [7, 11) is 1.72. The highest BCUT2D eigenvalue weighted by Crippen LogP contribution is 2.12. The van der Waals surface area contributed by atoms with Gasteiger partial charge in [0.05, 0.1) is 0 Å². The van der Waals surface area contributed by atoms with Gasteiger partial charge in [-0.25, -0.2) is 4.99 Å². The third kappa shape index (κ3) is 1.99. The SMILES string of the molecule is CCN1N=CN=C(N)C1=C(C)C=NC. The summed E-state index contributed by atoms with van der Waals surface area (Å²) < 4.78 is 0. The van der Waals surface area contributed by atoms with Crippen LogP contribution in [-0.2, 0) is 0 Å². The van der Waals surface area contributed by atoms with Crippen LogP contribution in [0.15, 0.2) is 26.4 Å². The molecule has 0 aromatic heterocycles. The van der Waals surface area contributed by atoms with E-state index in [1.54, 1.807) is 18.3 Å². The van der Waals surface area contributed by atoms with Crippen molar-refractivity contribution in [1.82, 2.24) is 5.01 Å². The number of amidine groups is 1. The Hall–Kier alpha value is -1.65. The van der Waals surface area contributed by atoms with Crippen molar-refractivity contribution in [2.75, 3.05) is 13.6 Å². The van der Waals surface area contributed by atoms with Gasteiger partial charge in [0.15, 0.2) is 5.84 Å². The van der Waals surface area contributed by atoms with Crippen molar-refractivity contribution in [2.45, 2.75) is 13.8 Å². The molecule has 1 rings (SSSR count). The Bertz CT molecular complexity index is 324. The molecule has 5 nitrogen and oxygen atoms in total. The highest BCUT2D eigenvalue weighted by atomic mass is 15.5. The van der Waals surface area contributed by atoms with Crippen molar-refractivity contribution >= 4 is 18.4 Å². The molecule has 0 saturated heterocycles. The van der Waals surface area contributed by atoms with E-state index in [4.69, 9.17) is 5.73 Å². The highest BCUT2D eigenvalue weighted by molar-refractivity contribution is 6.05. The second kappa shape index (κ2) is 4.55. The average Bonchev–Trinajstić information content (AvgIpc) is 2.17. The fourth-order valence-corrected chi connectivity index (χ4v) is 1.30. The second-order valence-corrected chi connectivity index (χ2v) is 2.88. The van der Waals surface area contributed by atoms with E-state index in [0.29, 0.717) is 5.84 Å². The van der Waals surface area contributed by atoms with Crippen molar-refractivity contribution in [2.24, 2.45) is 20.8 Å². The van der Waals surface area contributed by atoms with Gasteiger partial charge in [-0.2, -0.15) is 5.10 Å². The lowest BCUT2D eigenvalue weighted by Crippen LogP contribution is -2.32. The van der Waals surface area contributed by atoms with Crippen LogP contribution in [0.2, 0.25) is 0 Å². The second-order valence-electron chi connectivity index (χ2n) is 2.88. The Kier molecular flexibility index (Phi) is 3.39. The zero-order valence-electron chi connectivity index (χ0n) is 8.73. The van der Waals surface area contributed by atoms with Gasteiger partial charge in [0.2, 0.25) is 0 Å². The zero-order valence-corrected chi connectivity index (χ0v) is 8.73. The maximum absolute atomic E-state index is 5.77. The smallest absolute Gasteiger partial charge is 0.151 e. The first-order valence-corrected chi connectivity index (χ1v) is 4.47. The van der Waals surface area contributed by atoms with Crippen LogP contribution in [0, 0.1) is 0 Å². The van der Waals surface area contributed by atoms with E-state index >= 15 is 0 Å². The fraction of sp³-hybridized carbons (Fsp3) is 0.444. The maximum atomic E-state index is 5.77. The molecule has 0 saturated carbocycles. The van der Waals surface area contributed by atoms with Crippen molar-refractivity contribution in [1.29, 1.82) is 0 Å². The topological polar surface area (TPSA) is 66.3 Å². The Morgan fingerprint density at radius 3 is 3.00 bits per heavy atom. The first kappa shape index (κ1) is 10.4. The molecular formula is C9H15N5. The molecule has 0 aliphatic carbocycles. The number of hydrogen-bond acceptors (Lipinski definition) is 5. The summed E-state index contributed by atoms with van der Waals surface area (Å²) in [6, 6.07) is 0. The monoisotopic (exact) mass is 193 g/mol. The van der Waals surface area contributed by atoms with Crippen LogP contribution in [0.5, 0.6) is 0 Å². The Labute approximate surface area is 83.7 Å². The number of allylic oxidation sites excluding steroid dienone is 1. The molecule has 2 N–H and O–H groups in total. The molecule has 0 bridgehead atoms. The van der Waals surface area contributed by atoms with E-state index in [1.165, 1.54) is 6.34 Å². The number of nitrogens with two attached hydrogens (primary N) is 1. The summed E-state index contributed by atoms with van der Waals surface area (Å²) in [4.78, 5) is 7.90. The predicted molar refractivity (Wildman–Crippen MR) is 59.6 cm³/mol. The van der Waals surface area contributed by atoms with Crippen LogP contribution in [0.25, 0.3) is 0 Å². The number of hydrazone groups is 1. The molecule has 5 heteroatoms. The number of aliphatic imine (C=N–C) groups is 2. The van der Waals surface area contributed by atoms with Crippen molar-refractivity contribution < 1.29 is 0 Å². The quantitative estimate of drug-likeness (QED) is 0.652. The van der Waals surface area contributed by atoms with Crippen LogP contribution < -0.4 is 5.73 Å². The Morgan fingerprint density at radius 1 is 1.71 bits per heavy atom. The molecule has 0 aromatic rings. The van der Waals surface area contributed by atoms with Gasteiger partial charge < -0.3 is 5.73 Å². The van der Waals surface area contributed by atoms with Crippen LogP contribution in [0.4, 0.5) is 0 Å². The molecule has 0 spiro atoms. The van der Waals surface area contributed by atoms with Gasteiger partial charge in [-0.3, -0.25) is 10.0 Å². The average molecular weight is 193 g/mol. The van der Waals surface area contributed by atoms with Crippen molar-refractivity contribution in [3.05, 3.63) is 11.3 Å². The molecule has 1 heterocycles.